The van der Waals surface area contributed by atoms with Gasteiger partial charge in [0.05, 0.1) is 13.2 Å². The van der Waals surface area contributed by atoms with Gasteiger partial charge in [-0.2, -0.15) is 0 Å². The van der Waals surface area contributed by atoms with Gasteiger partial charge >= 0.3 is 0 Å². The molecule has 29 heavy (non-hydrogen) atoms. The number of hydrogen-bond donors (Lipinski definition) is 3. The van der Waals surface area contributed by atoms with Crippen molar-refractivity contribution in [2.45, 2.75) is 18.8 Å². The van der Waals surface area contributed by atoms with Crippen molar-refractivity contribution in [3.8, 4) is 0 Å². The van der Waals surface area contributed by atoms with Gasteiger partial charge < -0.3 is 20.6 Å². The SMILES string of the molecule is CN=C(NCC(=O)N1CCCc2ccccc21)NCC(CO)c1ccccc1.I. The number of fused-ring (bicyclic) bond motifs is 1. The second kappa shape index (κ2) is 11.8. The lowest BCUT2D eigenvalue weighted by Crippen LogP contribution is -2.46. The molecule has 1 heterocycles. The lowest BCUT2D eigenvalue weighted by Gasteiger charge is -2.29. The first-order chi connectivity index (χ1) is 13.7. The Hall–Kier alpha value is -2.13. The van der Waals surface area contributed by atoms with Crippen LogP contribution in [0.1, 0.15) is 23.5 Å². The molecule has 2 aromatic carbocycles. The van der Waals surface area contributed by atoms with Gasteiger partial charge in [-0.1, -0.05) is 48.5 Å². The van der Waals surface area contributed by atoms with Crippen molar-refractivity contribution >= 4 is 41.5 Å². The number of halogens is 1. The van der Waals surface area contributed by atoms with E-state index in [2.05, 4.69) is 21.7 Å². The Labute approximate surface area is 189 Å². The van der Waals surface area contributed by atoms with Crippen LogP contribution in [0.4, 0.5) is 5.69 Å². The number of benzene rings is 2. The molecule has 1 unspecified atom stereocenters. The summed E-state index contributed by atoms with van der Waals surface area (Å²) >= 11 is 0. The van der Waals surface area contributed by atoms with E-state index in [-0.39, 0.29) is 49.0 Å². The summed E-state index contributed by atoms with van der Waals surface area (Å²) in [5.41, 5.74) is 3.29. The van der Waals surface area contributed by atoms with Crippen molar-refractivity contribution in [1.29, 1.82) is 0 Å². The predicted octanol–water partition coefficient (Wildman–Crippen LogP) is 2.52. The highest BCUT2D eigenvalue weighted by Gasteiger charge is 2.22. The van der Waals surface area contributed by atoms with Crippen LogP contribution in [0.15, 0.2) is 59.6 Å². The minimum absolute atomic E-state index is 0. The monoisotopic (exact) mass is 508 g/mol. The molecule has 0 aliphatic carbocycles. The number of nitrogens with one attached hydrogen (secondary N) is 2. The molecule has 7 heteroatoms. The molecule has 3 rings (SSSR count). The molecule has 0 radical (unpaired) electrons. The van der Waals surface area contributed by atoms with Crippen molar-refractivity contribution in [3.05, 3.63) is 65.7 Å². The van der Waals surface area contributed by atoms with Gasteiger partial charge in [-0.3, -0.25) is 9.79 Å². The van der Waals surface area contributed by atoms with Gasteiger partial charge in [0.25, 0.3) is 0 Å². The Bertz CT molecular complexity index is 813. The Balaban J connectivity index is 0.00000300. The van der Waals surface area contributed by atoms with Crippen molar-refractivity contribution in [3.63, 3.8) is 0 Å². The number of aliphatic hydroxyl groups excluding tert-OH is 1. The molecule has 1 atom stereocenters. The summed E-state index contributed by atoms with van der Waals surface area (Å²) in [4.78, 5) is 18.8. The lowest BCUT2D eigenvalue weighted by atomic mass is 10.0. The molecule has 2 aromatic rings. The number of carbonyl (C=O) groups excluding carboxylic acids is 1. The number of amides is 1. The fourth-order valence-corrected chi connectivity index (χ4v) is 3.50. The number of rotatable bonds is 6. The van der Waals surface area contributed by atoms with Crippen molar-refractivity contribution < 1.29 is 9.90 Å². The third-order valence-corrected chi connectivity index (χ3v) is 5.05. The maximum Gasteiger partial charge on any atom is 0.246 e. The molecule has 1 amide bonds. The summed E-state index contributed by atoms with van der Waals surface area (Å²) < 4.78 is 0. The van der Waals surface area contributed by atoms with Crippen LogP contribution in [0.3, 0.4) is 0 Å². The van der Waals surface area contributed by atoms with Crippen LogP contribution in [0.5, 0.6) is 0 Å². The average Bonchev–Trinajstić information content (AvgIpc) is 2.76. The zero-order valence-corrected chi connectivity index (χ0v) is 19.0. The lowest BCUT2D eigenvalue weighted by molar-refractivity contribution is -0.117. The number of guanidine groups is 1. The molecule has 1 aliphatic heterocycles. The first-order valence-electron chi connectivity index (χ1n) is 9.71. The van der Waals surface area contributed by atoms with Crippen molar-refractivity contribution in [2.75, 3.05) is 38.2 Å². The van der Waals surface area contributed by atoms with Crippen molar-refractivity contribution in [1.82, 2.24) is 10.6 Å². The second-order valence-corrected chi connectivity index (χ2v) is 6.87. The molecular weight excluding hydrogens is 479 g/mol. The summed E-state index contributed by atoms with van der Waals surface area (Å²) in [5.74, 6) is 0.536. The Morgan fingerprint density at radius 2 is 1.86 bits per heavy atom. The normalized spacial score (nSPS) is 14.4. The number of anilines is 1. The van der Waals surface area contributed by atoms with Gasteiger partial charge in [0.15, 0.2) is 5.96 Å². The average molecular weight is 508 g/mol. The number of aliphatic imine (C=N–C) groups is 1. The second-order valence-electron chi connectivity index (χ2n) is 6.87. The third kappa shape index (κ3) is 6.17. The maximum absolute atomic E-state index is 12.7. The van der Waals surface area contributed by atoms with Gasteiger partial charge in [-0.05, 0) is 30.0 Å². The van der Waals surface area contributed by atoms with E-state index >= 15 is 0 Å². The van der Waals surface area contributed by atoms with Crippen LogP contribution in [-0.2, 0) is 11.2 Å². The number of aryl methyl sites for hydroxylation is 1. The van der Waals surface area contributed by atoms with E-state index in [1.54, 1.807) is 7.05 Å². The van der Waals surface area contributed by atoms with Crippen LogP contribution >= 0.6 is 24.0 Å². The molecule has 0 bridgehead atoms. The molecule has 6 nitrogen and oxygen atoms in total. The van der Waals surface area contributed by atoms with Gasteiger partial charge in [0.2, 0.25) is 5.91 Å². The Morgan fingerprint density at radius 3 is 2.59 bits per heavy atom. The highest BCUT2D eigenvalue weighted by Crippen LogP contribution is 2.26. The van der Waals surface area contributed by atoms with Gasteiger partial charge in [0.1, 0.15) is 0 Å². The number of para-hydroxylation sites is 1. The van der Waals surface area contributed by atoms with E-state index < -0.39 is 0 Å². The number of aliphatic hydroxyl groups is 1. The molecule has 0 saturated heterocycles. The molecular formula is C22H29IN4O2. The van der Waals surface area contributed by atoms with Crippen LogP contribution in [0.2, 0.25) is 0 Å². The summed E-state index contributed by atoms with van der Waals surface area (Å²) in [7, 11) is 1.67. The molecule has 0 fully saturated rings. The first-order valence-corrected chi connectivity index (χ1v) is 9.71. The Morgan fingerprint density at radius 1 is 1.14 bits per heavy atom. The highest BCUT2D eigenvalue weighted by molar-refractivity contribution is 14.0. The molecule has 156 valence electrons. The van der Waals surface area contributed by atoms with E-state index in [9.17, 15) is 9.90 Å². The fraction of sp³-hybridized carbons (Fsp3) is 0.364. The van der Waals surface area contributed by atoms with E-state index in [0.29, 0.717) is 12.5 Å². The summed E-state index contributed by atoms with van der Waals surface area (Å²) in [6, 6.07) is 17.9. The largest absolute Gasteiger partial charge is 0.396 e. The molecule has 0 aromatic heterocycles. The maximum atomic E-state index is 12.7. The smallest absolute Gasteiger partial charge is 0.246 e. The third-order valence-electron chi connectivity index (χ3n) is 5.05. The molecule has 1 aliphatic rings. The summed E-state index contributed by atoms with van der Waals surface area (Å²) in [6.45, 7) is 1.48. The van der Waals surface area contributed by atoms with Crippen LogP contribution < -0.4 is 15.5 Å². The standard InChI is InChI=1S/C22H28N4O2.HI/c1-23-22(24-14-19(16-27)17-8-3-2-4-9-17)25-15-21(28)26-13-7-11-18-10-5-6-12-20(18)26;/h2-6,8-10,12,19,27H,7,11,13-16H2,1H3,(H2,23,24,25);1H. The van der Waals surface area contributed by atoms with Gasteiger partial charge in [0, 0.05) is 31.7 Å². The van der Waals surface area contributed by atoms with Crippen molar-refractivity contribution in [2.24, 2.45) is 4.99 Å². The Kier molecular flexibility index (Phi) is 9.40. The predicted molar refractivity (Wildman–Crippen MR) is 128 cm³/mol. The molecule has 0 spiro atoms. The quantitative estimate of drug-likeness (QED) is 0.319. The topological polar surface area (TPSA) is 77.0 Å². The number of nitrogens with zero attached hydrogens (tertiary/aromatic N) is 2. The van der Waals surface area contributed by atoms with Crippen LogP contribution in [0.25, 0.3) is 0 Å². The summed E-state index contributed by atoms with van der Waals surface area (Å²) in [5, 5.41) is 16.0. The highest BCUT2D eigenvalue weighted by atomic mass is 127. The number of hydrogen-bond acceptors (Lipinski definition) is 3. The minimum Gasteiger partial charge on any atom is -0.396 e. The molecule has 0 saturated carbocycles. The minimum atomic E-state index is -0.0376. The molecule has 3 N–H and O–H groups in total. The van der Waals surface area contributed by atoms with Gasteiger partial charge in [-0.25, -0.2) is 0 Å². The van der Waals surface area contributed by atoms with Gasteiger partial charge in [-0.15, -0.1) is 24.0 Å². The van der Waals surface area contributed by atoms with E-state index in [0.717, 1.165) is 30.6 Å². The summed E-state index contributed by atoms with van der Waals surface area (Å²) in [6.07, 6.45) is 1.99. The fourth-order valence-electron chi connectivity index (χ4n) is 3.50. The zero-order chi connectivity index (χ0) is 19.8. The van der Waals surface area contributed by atoms with E-state index in [1.165, 1.54) is 5.56 Å². The zero-order valence-electron chi connectivity index (χ0n) is 16.7. The van der Waals surface area contributed by atoms with E-state index in [1.807, 2.05) is 53.4 Å². The van der Waals surface area contributed by atoms with Crippen LogP contribution in [-0.4, -0.2) is 50.3 Å². The number of carbonyl (C=O) groups is 1. The van der Waals surface area contributed by atoms with E-state index in [4.69, 9.17) is 0 Å². The first kappa shape index (κ1) is 23.2. The van der Waals surface area contributed by atoms with Crippen LogP contribution in [0, 0.1) is 0 Å².